The van der Waals surface area contributed by atoms with Crippen LogP contribution in [-0.4, -0.2) is 40.5 Å². The number of anilines is 2. The van der Waals surface area contributed by atoms with Crippen LogP contribution in [-0.2, 0) is 0 Å². The first-order chi connectivity index (χ1) is 10.2. The first-order valence-electron chi connectivity index (χ1n) is 8.02. The Bertz CT molecular complexity index is 493. The highest BCUT2D eigenvalue weighted by molar-refractivity contribution is 5.57. The molecule has 2 aliphatic rings. The SMILES string of the molecule is Cc1c(NN)nc(C2CC2)nc1NCC(C)N1CCCC1. The quantitative estimate of drug-likeness (QED) is 0.548. The number of nitrogens with two attached hydrogens (primary N) is 1. The van der Waals surface area contributed by atoms with Crippen molar-refractivity contribution in [1.82, 2.24) is 14.9 Å². The van der Waals surface area contributed by atoms with Gasteiger partial charge in [0, 0.05) is 24.1 Å². The van der Waals surface area contributed by atoms with Crippen molar-refractivity contribution in [1.29, 1.82) is 0 Å². The monoisotopic (exact) mass is 290 g/mol. The summed E-state index contributed by atoms with van der Waals surface area (Å²) in [6, 6.07) is 0.528. The van der Waals surface area contributed by atoms with Crippen LogP contribution in [0.2, 0.25) is 0 Å². The van der Waals surface area contributed by atoms with Crippen LogP contribution in [0.3, 0.4) is 0 Å². The first-order valence-corrected chi connectivity index (χ1v) is 8.02. The standard InChI is InChI=1S/C15H26N6/c1-10(21-7-3-4-8-21)9-17-13-11(2)14(20-16)19-15(18-13)12-5-6-12/h10,12H,3-9,16H2,1-2H3,(H2,17,18,19,20). The average Bonchev–Trinajstić information content (AvgIpc) is 3.20. The van der Waals surface area contributed by atoms with Gasteiger partial charge in [-0.2, -0.15) is 0 Å². The maximum absolute atomic E-state index is 5.59. The van der Waals surface area contributed by atoms with Crippen LogP contribution in [0.5, 0.6) is 0 Å². The molecule has 0 aromatic carbocycles. The largest absolute Gasteiger partial charge is 0.368 e. The molecule has 0 amide bonds. The Balaban J connectivity index is 1.69. The highest BCUT2D eigenvalue weighted by atomic mass is 15.3. The predicted molar refractivity (Wildman–Crippen MR) is 85.3 cm³/mol. The van der Waals surface area contributed by atoms with E-state index in [9.17, 15) is 0 Å². The molecule has 1 aromatic heterocycles. The van der Waals surface area contributed by atoms with E-state index in [0.29, 0.717) is 12.0 Å². The summed E-state index contributed by atoms with van der Waals surface area (Å²) in [6.45, 7) is 7.63. The number of rotatable bonds is 6. The van der Waals surface area contributed by atoms with Gasteiger partial charge in [-0.15, -0.1) is 0 Å². The number of hydrogen-bond donors (Lipinski definition) is 3. The molecular formula is C15H26N6. The summed E-state index contributed by atoms with van der Waals surface area (Å²) in [5.41, 5.74) is 3.70. The van der Waals surface area contributed by atoms with Crippen molar-refractivity contribution in [2.45, 2.75) is 51.5 Å². The number of hydrogen-bond acceptors (Lipinski definition) is 6. The summed E-state index contributed by atoms with van der Waals surface area (Å²) in [5.74, 6) is 8.69. The van der Waals surface area contributed by atoms with Crippen LogP contribution in [0.4, 0.5) is 11.6 Å². The zero-order valence-corrected chi connectivity index (χ0v) is 13.0. The summed E-state index contributed by atoms with van der Waals surface area (Å²) in [6.07, 6.45) is 5.03. The third-order valence-electron chi connectivity index (χ3n) is 4.57. The topological polar surface area (TPSA) is 79.1 Å². The fraction of sp³-hybridized carbons (Fsp3) is 0.733. The zero-order valence-electron chi connectivity index (χ0n) is 13.0. The molecule has 1 unspecified atom stereocenters. The molecule has 1 atom stereocenters. The summed E-state index contributed by atoms with van der Waals surface area (Å²) < 4.78 is 0. The molecule has 2 fully saturated rings. The normalized spacial score (nSPS) is 20.5. The van der Waals surface area contributed by atoms with Crippen molar-refractivity contribution in [3.05, 3.63) is 11.4 Å². The smallest absolute Gasteiger partial charge is 0.148 e. The summed E-state index contributed by atoms with van der Waals surface area (Å²) in [7, 11) is 0. The zero-order chi connectivity index (χ0) is 14.8. The Hall–Kier alpha value is -1.40. The molecule has 1 saturated heterocycles. The Morgan fingerprint density at radius 3 is 2.52 bits per heavy atom. The van der Waals surface area contributed by atoms with Gasteiger partial charge in [0.05, 0.1) is 0 Å². The van der Waals surface area contributed by atoms with Gasteiger partial charge in [0.2, 0.25) is 0 Å². The number of hydrazine groups is 1. The minimum Gasteiger partial charge on any atom is -0.368 e. The fourth-order valence-electron chi connectivity index (χ4n) is 2.93. The average molecular weight is 290 g/mol. The molecule has 116 valence electrons. The number of nitrogens with zero attached hydrogens (tertiary/aromatic N) is 3. The van der Waals surface area contributed by atoms with E-state index in [0.717, 1.165) is 29.6 Å². The molecule has 2 heterocycles. The van der Waals surface area contributed by atoms with Crippen LogP contribution >= 0.6 is 0 Å². The van der Waals surface area contributed by atoms with Crippen molar-refractivity contribution < 1.29 is 0 Å². The third kappa shape index (κ3) is 3.27. The highest BCUT2D eigenvalue weighted by Gasteiger charge is 2.28. The lowest BCUT2D eigenvalue weighted by Crippen LogP contribution is -2.35. The lowest BCUT2D eigenvalue weighted by atomic mass is 10.2. The van der Waals surface area contributed by atoms with Gasteiger partial charge in [-0.05, 0) is 52.6 Å². The molecule has 0 bridgehead atoms. The van der Waals surface area contributed by atoms with Gasteiger partial charge < -0.3 is 10.7 Å². The van der Waals surface area contributed by atoms with Crippen molar-refractivity contribution >= 4 is 11.6 Å². The Kier molecular flexibility index (Phi) is 4.26. The summed E-state index contributed by atoms with van der Waals surface area (Å²) in [5, 5.41) is 3.50. The van der Waals surface area contributed by atoms with Crippen molar-refractivity contribution in [2.24, 2.45) is 5.84 Å². The minimum absolute atomic E-state index is 0.522. The Morgan fingerprint density at radius 1 is 1.24 bits per heavy atom. The molecule has 0 radical (unpaired) electrons. The van der Waals surface area contributed by atoms with Crippen LogP contribution in [0.25, 0.3) is 0 Å². The van der Waals surface area contributed by atoms with Crippen LogP contribution in [0.1, 0.15) is 49.9 Å². The van der Waals surface area contributed by atoms with Gasteiger partial charge in [-0.3, -0.25) is 4.90 Å². The second kappa shape index (κ2) is 6.15. The van der Waals surface area contributed by atoms with Crippen molar-refractivity contribution in [3.8, 4) is 0 Å². The molecule has 6 nitrogen and oxygen atoms in total. The van der Waals surface area contributed by atoms with E-state index < -0.39 is 0 Å². The van der Waals surface area contributed by atoms with Crippen molar-refractivity contribution in [3.63, 3.8) is 0 Å². The lowest BCUT2D eigenvalue weighted by Gasteiger charge is -2.24. The number of nitrogens with one attached hydrogen (secondary N) is 2. The molecule has 1 saturated carbocycles. The van der Waals surface area contributed by atoms with E-state index in [1.165, 1.54) is 38.8 Å². The first kappa shape index (κ1) is 14.5. The summed E-state index contributed by atoms with van der Waals surface area (Å²) >= 11 is 0. The van der Waals surface area contributed by atoms with Gasteiger partial charge in [0.25, 0.3) is 0 Å². The number of likely N-dealkylation sites (tertiary alicyclic amines) is 1. The van der Waals surface area contributed by atoms with Crippen LogP contribution in [0, 0.1) is 6.92 Å². The van der Waals surface area contributed by atoms with Gasteiger partial charge in [-0.1, -0.05) is 0 Å². The predicted octanol–water partition coefficient (Wildman–Crippen LogP) is 1.84. The van der Waals surface area contributed by atoms with Crippen LogP contribution in [0.15, 0.2) is 0 Å². The van der Waals surface area contributed by atoms with E-state index in [4.69, 9.17) is 10.8 Å². The number of nitrogen functional groups attached to an aromatic ring is 1. The lowest BCUT2D eigenvalue weighted by molar-refractivity contribution is 0.269. The molecule has 0 spiro atoms. The second-order valence-electron chi connectivity index (χ2n) is 6.30. The van der Waals surface area contributed by atoms with Crippen LogP contribution < -0.4 is 16.6 Å². The Morgan fingerprint density at radius 2 is 1.90 bits per heavy atom. The van der Waals surface area contributed by atoms with E-state index in [2.05, 4.69) is 27.6 Å². The highest BCUT2D eigenvalue weighted by Crippen LogP contribution is 2.39. The van der Waals surface area contributed by atoms with Gasteiger partial charge in [-0.25, -0.2) is 15.8 Å². The van der Waals surface area contributed by atoms with Gasteiger partial charge in [0.15, 0.2) is 0 Å². The van der Waals surface area contributed by atoms with Crippen molar-refractivity contribution in [2.75, 3.05) is 30.4 Å². The molecule has 3 rings (SSSR count). The maximum Gasteiger partial charge on any atom is 0.148 e. The molecular weight excluding hydrogens is 264 g/mol. The third-order valence-corrected chi connectivity index (χ3v) is 4.57. The van der Waals surface area contributed by atoms with Gasteiger partial charge >= 0.3 is 0 Å². The Labute approximate surface area is 126 Å². The molecule has 6 heteroatoms. The van der Waals surface area contributed by atoms with E-state index >= 15 is 0 Å². The maximum atomic E-state index is 5.59. The van der Waals surface area contributed by atoms with E-state index in [1.54, 1.807) is 0 Å². The molecule has 4 N–H and O–H groups in total. The van der Waals surface area contributed by atoms with E-state index in [-0.39, 0.29) is 0 Å². The minimum atomic E-state index is 0.522. The molecule has 1 aliphatic heterocycles. The molecule has 1 aromatic rings. The molecule has 1 aliphatic carbocycles. The fourth-order valence-corrected chi connectivity index (χ4v) is 2.93. The van der Waals surface area contributed by atoms with E-state index in [1.807, 2.05) is 6.92 Å². The number of aromatic nitrogens is 2. The second-order valence-corrected chi connectivity index (χ2v) is 6.30. The van der Waals surface area contributed by atoms with Gasteiger partial charge in [0.1, 0.15) is 17.5 Å². The summed E-state index contributed by atoms with van der Waals surface area (Å²) in [4.78, 5) is 11.8. The molecule has 21 heavy (non-hydrogen) atoms.